The second-order valence-corrected chi connectivity index (χ2v) is 10.2. The molecule has 0 aromatic heterocycles. The molecule has 9 nitrogen and oxygen atoms in total. The van der Waals surface area contributed by atoms with Gasteiger partial charge >= 0.3 is 65.1 Å². The van der Waals surface area contributed by atoms with Gasteiger partial charge in [0.1, 0.15) is 6.10 Å². The van der Waals surface area contributed by atoms with Crippen LogP contribution in [0.15, 0.2) is 0 Å². The maximum Gasteiger partial charge on any atom is 1.00 e. The number of phosphoric acid groups is 1. The van der Waals surface area contributed by atoms with Crippen LogP contribution in [0.1, 0.15) is 116 Å². The Kier molecular flexibility index (Phi) is 36.2. The molecule has 0 bridgehead atoms. The molecular weight excluding hydrogens is 519 g/mol. The molecule has 0 aromatic carbocycles. The van der Waals surface area contributed by atoms with Gasteiger partial charge in [-0.1, -0.05) is 90.4 Å². The smallest absolute Gasteiger partial charge is 0.790 e. The van der Waals surface area contributed by atoms with Gasteiger partial charge < -0.3 is 33.7 Å². The van der Waals surface area contributed by atoms with Crippen molar-refractivity contribution >= 4 is 20.3 Å². The number of ether oxygens (including phenoxy) is 2. The zero-order chi connectivity index (χ0) is 26.0. The SMILES string of the molecule is CCCCCCCCCCCC(=O)O[C@@H](CNCCCCCCCCCOC=O)COP(=O)([O-])[O-].[Na+].[Na+]. The molecule has 0 spiro atoms. The van der Waals surface area contributed by atoms with Crippen molar-refractivity contribution in [1.29, 1.82) is 0 Å². The molecule has 37 heavy (non-hydrogen) atoms. The summed E-state index contributed by atoms with van der Waals surface area (Å²) in [5, 5.41) is 3.16. The third kappa shape index (κ3) is 35.0. The largest absolute Gasteiger partial charge is 1.00 e. The third-order valence-corrected chi connectivity index (χ3v) is 6.22. The first kappa shape index (κ1) is 42.5. The Morgan fingerprint density at radius 3 is 1.89 bits per heavy atom. The van der Waals surface area contributed by atoms with Crippen LogP contribution in [0.3, 0.4) is 0 Å². The summed E-state index contributed by atoms with van der Waals surface area (Å²) >= 11 is 0. The van der Waals surface area contributed by atoms with Crippen LogP contribution in [-0.2, 0) is 28.2 Å². The fourth-order valence-corrected chi connectivity index (χ4v) is 4.11. The number of hydrogen-bond donors (Lipinski definition) is 1. The van der Waals surface area contributed by atoms with Crippen molar-refractivity contribution in [3.8, 4) is 0 Å². The maximum atomic E-state index is 12.1. The number of carbonyl (C=O) groups excluding carboxylic acids is 2. The van der Waals surface area contributed by atoms with E-state index in [-0.39, 0.29) is 72.1 Å². The van der Waals surface area contributed by atoms with E-state index < -0.39 is 26.5 Å². The average Bonchev–Trinajstić information content (AvgIpc) is 2.81. The summed E-state index contributed by atoms with van der Waals surface area (Å²) in [5.41, 5.74) is 0. The van der Waals surface area contributed by atoms with Crippen LogP contribution >= 0.6 is 7.82 Å². The maximum absolute atomic E-state index is 12.1. The molecule has 0 radical (unpaired) electrons. The van der Waals surface area contributed by atoms with Crippen LogP contribution in [-0.4, -0.2) is 44.8 Å². The van der Waals surface area contributed by atoms with Gasteiger partial charge in [0.05, 0.1) is 21.0 Å². The van der Waals surface area contributed by atoms with Gasteiger partial charge in [0, 0.05) is 13.0 Å². The Hall–Kier alpha value is 1.01. The Balaban J connectivity index is -0.00000578. The van der Waals surface area contributed by atoms with E-state index in [0.717, 1.165) is 64.2 Å². The Morgan fingerprint density at radius 1 is 0.838 bits per heavy atom. The molecule has 0 aliphatic carbocycles. The Morgan fingerprint density at radius 2 is 1.35 bits per heavy atom. The summed E-state index contributed by atoms with van der Waals surface area (Å²) in [6.07, 6.45) is 17.0. The predicted octanol–water partition coefficient (Wildman–Crippen LogP) is -1.83. The van der Waals surface area contributed by atoms with Crippen LogP contribution in [0.2, 0.25) is 0 Å². The fraction of sp³-hybridized carbons (Fsp3) is 0.920. The number of nitrogens with one attached hydrogen (secondary N) is 1. The molecular formula is C25H48NNa2O8P. The zero-order valence-electron chi connectivity index (χ0n) is 23.7. The molecule has 0 heterocycles. The van der Waals surface area contributed by atoms with Crippen LogP contribution < -0.4 is 74.2 Å². The molecule has 0 saturated heterocycles. The Bertz CT molecular complexity index is 555. The van der Waals surface area contributed by atoms with Crippen molar-refractivity contribution < 1.29 is 97.1 Å². The standard InChI is InChI=1S/C25H50NO8P.2Na/c1-2-3-4-5-6-7-9-12-15-18-25(28)34-24(22-33-35(29,30)31)21-26-19-16-13-10-8-11-14-17-20-32-23-27;;/h23-24,26H,2-22H2,1H3,(H2,29,30,31);;/q;2*+1/p-2/t24-;;/m0../s1. The summed E-state index contributed by atoms with van der Waals surface area (Å²) in [6, 6.07) is 0. The monoisotopic (exact) mass is 567 g/mol. The van der Waals surface area contributed by atoms with Crippen LogP contribution in [0.5, 0.6) is 0 Å². The van der Waals surface area contributed by atoms with Crippen molar-refractivity contribution in [2.75, 3.05) is 26.3 Å². The Labute approximate surface area is 269 Å². The number of hydrogen-bond acceptors (Lipinski definition) is 9. The van der Waals surface area contributed by atoms with Crippen molar-refractivity contribution in [1.82, 2.24) is 5.32 Å². The van der Waals surface area contributed by atoms with E-state index in [4.69, 9.17) is 4.74 Å². The van der Waals surface area contributed by atoms with Crippen molar-refractivity contribution in [2.24, 2.45) is 0 Å². The van der Waals surface area contributed by atoms with Gasteiger partial charge in [-0.15, -0.1) is 0 Å². The van der Waals surface area contributed by atoms with Gasteiger partial charge in [-0.25, -0.2) is 0 Å². The second kappa shape index (κ2) is 31.5. The van der Waals surface area contributed by atoms with Gasteiger partial charge in [-0.3, -0.25) is 9.59 Å². The molecule has 0 unspecified atom stereocenters. The minimum absolute atomic E-state index is 0. The van der Waals surface area contributed by atoms with Crippen LogP contribution in [0.25, 0.3) is 0 Å². The van der Waals surface area contributed by atoms with Gasteiger partial charge in [0.25, 0.3) is 6.47 Å². The number of esters is 1. The van der Waals surface area contributed by atoms with E-state index >= 15 is 0 Å². The third-order valence-electron chi connectivity index (χ3n) is 5.76. The van der Waals surface area contributed by atoms with Gasteiger partial charge in [-0.2, -0.15) is 0 Å². The van der Waals surface area contributed by atoms with Crippen molar-refractivity contribution in [3.05, 3.63) is 0 Å². The van der Waals surface area contributed by atoms with E-state index in [1.165, 1.54) is 38.5 Å². The minimum Gasteiger partial charge on any atom is -0.790 e. The summed E-state index contributed by atoms with van der Waals surface area (Å²) in [5.74, 6) is -0.395. The molecule has 0 aliphatic rings. The van der Waals surface area contributed by atoms with E-state index in [1.807, 2.05) is 0 Å². The molecule has 0 amide bonds. The molecule has 12 heteroatoms. The summed E-state index contributed by atoms with van der Waals surface area (Å²) in [4.78, 5) is 43.8. The second-order valence-electron chi connectivity index (χ2n) is 9.08. The molecule has 0 rings (SSSR count). The normalized spacial score (nSPS) is 11.8. The first-order valence-corrected chi connectivity index (χ1v) is 15.0. The predicted molar refractivity (Wildman–Crippen MR) is 132 cm³/mol. The first-order chi connectivity index (χ1) is 16.9. The van der Waals surface area contributed by atoms with E-state index in [1.54, 1.807) is 0 Å². The van der Waals surface area contributed by atoms with Crippen LogP contribution in [0, 0.1) is 0 Å². The van der Waals surface area contributed by atoms with Gasteiger partial charge in [-0.05, 0) is 25.8 Å². The fourth-order valence-electron chi connectivity index (χ4n) is 3.76. The zero-order valence-corrected chi connectivity index (χ0v) is 28.6. The van der Waals surface area contributed by atoms with E-state index in [9.17, 15) is 23.9 Å². The van der Waals surface area contributed by atoms with E-state index in [2.05, 4.69) is 21.5 Å². The molecule has 1 atom stereocenters. The number of unbranched alkanes of at least 4 members (excludes halogenated alkanes) is 14. The van der Waals surface area contributed by atoms with Crippen molar-refractivity contribution in [2.45, 2.75) is 122 Å². The summed E-state index contributed by atoms with van der Waals surface area (Å²) in [6.45, 7) is 3.63. The molecule has 0 aromatic rings. The summed E-state index contributed by atoms with van der Waals surface area (Å²) in [7, 11) is -5.12. The van der Waals surface area contributed by atoms with Crippen molar-refractivity contribution in [3.63, 3.8) is 0 Å². The van der Waals surface area contributed by atoms with Gasteiger partial charge in [0.2, 0.25) is 0 Å². The molecule has 208 valence electrons. The molecule has 0 saturated carbocycles. The number of phosphoric ester groups is 1. The average molecular weight is 568 g/mol. The topological polar surface area (TPSA) is 137 Å². The molecule has 1 N–H and O–H groups in total. The molecule has 0 aliphatic heterocycles. The number of carbonyl (C=O) groups is 2. The van der Waals surface area contributed by atoms with Crippen LogP contribution in [0.4, 0.5) is 0 Å². The minimum atomic E-state index is -5.12. The number of rotatable bonds is 27. The molecule has 0 fully saturated rings. The van der Waals surface area contributed by atoms with Gasteiger partial charge in [0.15, 0.2) is 0 Å². The van der Waals surface area contributed by atoms with E-state index in [0.29, 0.717) is 19.6 Å². The quantitative estimate of drug-likeness (QED) is 0.0399. The summed E-state index contributed by atoms with van der Waals surface area (Å²) < 4.78 is 25.2. The first-order valence-electron chi connectivity index (χ1n) is 13.5.